The Kier molecular flexibility index (Phi) is 12.6. The van der Waals surface area contributed by atoms with E-state index in [4.69, 9.17) is 41.6 Å². The van der Waals surface area contributed by atoms with Crippen molar-refractivity contribution in [1.82, 2.24) is 15.6 Å². The molecule has 3 fully saturated rings. The van der Waals surface area contributed by atoms with E-state index in [0.717, 1.165) is 0 Å². The molecule has 0 unspecified atom stereocenters. The Morgan fingerprint density at radius 1 is 1.00 bits per heavy atom. The van der Waals surface area contributed by atoms with Crippen molar-refractivity contribution in [2.75, 3.05) is 13.7 Å². The van der Waals surface area contributed by atoms with Gasteiger partial charge in [0.1, 0.15) is 54.9 Å². The maximum Gasteiger partial charge on any atom is 0.188 e. The van der Waals surface area contributed by atoms with Gasteiger partial charge < -0.3 is 87.5 Å². The van der Waals surface area contributed by atoms with E-state index >= 15 is 0 Å². The van der Waals surface area contributed by atoms with Crippen LogP contribution >= 0.6 is 0 Å². The minimum Gasteiger partial charge on any atom is -0.394 e. The Hall–Kier alpha value is -2.99. The average molecular weight is 649 g/mol. The molecule has 256 valence electrons. The van der Waals surface area contributed by atoms with Crippen LogP contribution in [-0.2, 0) is 23.7 Å². The highest BCUT2D eigenvalue weighted by Gasteiger charge is 2.60. The second-order valence-electron chi connectivity index (χ2n) is 10.8. The molecule has 3 heterocycles. The van der Waals surface area contributed by atoms with Crippen LogP contribution in [-0.4, -0.2) is 164 Å². The van der Waals surface area contributed by atoms with Gasteiger partial charge in [-0.05, 0) is 26.1 Å². The first-order valence-corrected chi connectivity index (χ1v) is 14.0. The topological polar surface area (TPSA) is 350 Å². The van der Waals surface area contributed by atoms with Crippen molar-refractivity contribution in [3.05, 3.63) is 24.5 Å². The van der Waals surface area contributed by atoms with E-state index < -0.39 is 110 Å². The van der Waals surface area contributed by atoms with Crippen LogP contribution in [0.3, 0.4) is 0 Å². The van der Waals surface area contributed by atoms with E-state index in [1.54, 1.807) is 0 Å². The molecule has 0 radical (unpaired) electrons. The Balaban J connectivity index is 0.00000100. The van der Waals surface area contributed by atoms with Crippen LogP contribution in [0.15, 0.2) is 29.5 Å². The molecule has 4 rings (SSSR count). The van der Waals surface area contributed by atoms with Gasteiger partial charge in [-0.15, -0.1) is 0 Å². The first-order valence-electron chi connectivity index (χ1n) is 14.0. The molecule has 45 heavy (non-hydrogen) atoms. The van der Waals surface area contributed by atoms with E-state index in [9.17, 15) is 40.5 Å². The summed E-state index contributed by atoms with van der Waals surface area (Å²) < 4.78 is 22.9. The standard InChI is InChI=1S/C21H39N7O12.C4H5N/c1-5-21(36,4-30)16(40-17-9(26-2)13(34)10(31)6(3-29)38-17)18(37-5)39-15-8(28-20(24)25)11(32)7(27-19(22)23)12(33)14(15)35;1-2-4-5-3-1/h4-18,26,29,31-36H,3H2,1-2H3,(H4,22,23,27)(H4,24,25,28);1-5H/t5-,6-,7+,8-,9-,10-,11+,12-,13-,14+,15+,16-,17-,18-,21+;/m0./s1. The third-order valence-corrected chi connectivity index (χ3v) is 7.89. The molecule has 0 bridgehead atoms. The van der Waals surface area contributed by atoms with Crippen molar-refractivity contribution >= 4 is 18.2 Å². The molecule has 0 aromatic carbocycles. The normalized spacial score (nSPS) is 43.0. The van der Waals surface area contributed by atoms with Crippen molar-refractivity contribution < 1.29 is 59.5 Å². The molecule has 3 aliphatic rings. The molecule has 1 aliphatic carbocycles. The maximum absolute atomic E-state index is 12.1. The third-order valence-electron chi connectivity index (χ3n) is 7.89. The van der Waals surface area contributed by atoms with Crippen LogP contribution in [0.4, 0.5) is 0 Å². The van der Waals surface area contributed by atoms with Gasteiger partial charge in [-0.3, -0.25) is 10.2 Å². The molecule has 1 saturated carbocycles. The summed E-state index contributed by atoms with van der Waals surface area (Å²) in [5, 5.41) is 86.6. The maximum atomic E-state index is 12.1. The zero-order valence-electron chi connectivity index (χ0n) is 24.5. The van der Waals surface area contributed by atoms with Gasteiger partial charge in [0, 0.05) is 12.4 Å². The number of carbonyl (C=O) groups is 1. The predicted molar refractivity (Wildman–Crippen MR) is 153 cm³/mol. The van der Waals surface area contributed by atoms with Gasteiger partial charge in [-0.2, -0.15) is 0 Å². The Labute approximate surface area is 257 Å². The Morgan fingerprint density at radius 3 is 2.13 bits per heavy atom. The predicted octanol–water partition coefficient (Wildman–Crippen LogP) is -6.94. The highest BCUT2D eigenvalue weighted by molar-refractivity contribution is 5.76. The fraction of sp³-hybridized carbons (Fsp3) is 0.720. The number of nitrogens with one attached hydrogen (secondary N) is 4. The summed E-state index contributed by atoms with van der Waals surface area (Å²) in [6.45, 7) is 0.616. The molecule has 15 atom stereocenters. The molecular weight excluding hydrogens is 604 g/mol. The lowest BCUT2D eigenvalue weighted by atomic mass is 9.81. The van der Waals surface area contributed by atoms with Crippen LogP contribution in [0, 0.1) is 5.41 Å². The fourth-order valence-electron chi connectivity index (χ4n) is 5.41. The molecule has 0 amide bonds. The van der Waals surface area contributed by atoms with Gasteiger partial charge in [0.2, 0.25) is 0 Å². The number of likely N-dealkylation sites (N-methyl/N-ethyl adjacent to an activating group) is 1. The fourth-order valence-corrected chi connectivity index (χ4v) is 5.41. The number of rotatable bonds is 9. The van der Waals surface area contributed by atoms with Crippen molar-refractivity contribution in [1.29, 1.82) is 5.41 Å². The lowest BCUT2D eigenvalue weighted by Crippen LogP contribution is -2.70. The minimum absolute atomic E-state index is 0.138. The number of H-pyrrole nitrogens is 1. The first kappa shape index (κ1) is 36.5. The number of aliphatic hydroxyl groups excluding tert-OH is 6. The van der Waals surface area contributed by atoms with E-state index in [0.29, 0.717) is 0 Å². The molecule has 20 nitrogen and oxygen atoms in total. The number of ether oxygens (including phenoxy) is 4. The van der Waals surface area contributed by atoms with Crippen LogP contribution in [0.2, 0.25) is 0 Å². The summed E-state index contributed by atoms with van der Waals surface area (Å²) >= 11 is 0. The molecule has 1 aromatic heterocycles. The number of nitrogens with two attached hydrogens (primary N) is 3. The van der Waals surface area contributed by atoms with Gasteiger partial charge >= 0.3 is 0 Å². The number of guanidine groups is 2. The summed E-state index contributed by atoms with van der Waals surface area (Å²) in [5.41, 5.74) is 13.8. The molecule has 1 aromatic rings. The molecule has 2 saturated heterocycles. The lowest BCUT2D eigenvalue weighted by molar-refractivity contribution is -0.314. The lowest BCUT2D eigenvalue weighted by Gasteiger charge is -2.46. The quantitative estimate of drug-likeness (QED) is 0.0671. The van der Waals surface area contributed by atoms with Gasteiger partial charge in [-0.1, -0.05) is 0 Å². The number of aldehydes is 1. The highest BCUT2D eigenvalue weighted by atomic mass is 16.8. The van der Waals surface area contributed by atoms with E-state index in [2.05, 4.69) is 20.6 Å². The SMILES string of the molecule is CN[C@@H]1[C@H](O[C@H]2[C@H](O[C@H]3[C@H](O)[C@@H](O)[C@H](N=C(N)N)[C@@H](O)[C@@H]3NC(=N)N)O[C@@H](C)[C@]2(O)C=O)O[C@@H](CO)[C@H](O)[C@H]1O.c1cc[nH]c1. The highest BCUT2D eigenvalue weighted by Crippen LogP contribution is 2.38. The third kappa shape index (κ3) is 7.88. The summed E-state index contributed by atoms with van der Waals surface area (Å²) in [5.74, 6) is -1.16. The molecule has 17 N–H and O–H groups in total. The van der Waals surface area contributed by atoms with Crippen LogP contribution in [0.25, 0.3) is 0 Å². The molecular formula is C25H44N8O12. The van der Waals surface area contributed by atoms with Crippen LogP contribution < -0.4 is 27.8 Å². The smallest absolute Gasteiger partial charge is 0.188 e. The first-order chi connectivity index (χ1) is 21.2. The van der Waals surface area contributed by atoms with Crippen LogP contribution in [0.5, 0.6) is 0 Å². The summed E-state index contributed by atoms with van der Waals surface area (Å²) in [6, 6.07) is -0.128. The largest absolute Gasteiger partial charge is 0.394 e. The second-order valence-corrected chi connectivity index (χ2v) is 10.8. The zero-order valence-corrected chi connectivity index (χ0v) is 24.5. The minimum atomic E-state index is -2.39. The number of aromatic nitrogens is 1. The van der Waals surface area contributed by atoms with Crippen molar-refractivity contribution in [2.24, 2.45) is 22.2 Å². The Bertz CT molecular complexity index is 1100. The van der Waals surface area contributed by atoms with Crippen molar-refractivity contribution in [3.63, 3.8) is 0 Å². The van der Waals surface area contributed by atoms with E-state index in [-0.39, 0.29) is 6.29 Å². The van der Waals surface area contributed by atoms with E-state index in [1.807, 2.05) is 24.5 Å². The van der Waals surface area contributed by atoms with Crippen molar-refractivity contribution in [2.45, 2.75) is 98.2 Å². The average Bonchev–Trinajstić information content (AvgIpc) is 3.65. The monoisotopic (exact) mass is 648 g/mol. The molecule has 2 aliphatic heterocycles. The van der Waals surface area contributed by atoms with Gasteiger partial charge in [-0.25, -0.2) is 4.99 Å². The number of hydrogen-bond donors (Lipinski definition) is 14. The van der Waals surface area contributed by atoms with Gasteiger partial charge in [0.25, 0.3) is 0 Å². The van der Waals surface area contributed by atoms with Gasteiger partial charge in [0.05, 0.1) is 24.8 Å². The van der Waals surface area contributed by atoms with Gasteiger partial charge in [0.15, 0.2) is 36.4 Å². The number of aliphatic hydroxyl groups is 7. The summed E-state index contributed by atoms with van der Waals surface area (Å²) in [6.07, 6.45) is -13.6. The zero-order chi connectivity index (χ0) is 33.6. The number of carbonyl (C=O) groups excluding carboxylic acids is 1. The number of aliphatic imine (C=N–C) groups is 1. The number of hydrogen-bond acceptors (Lipinski definition) is 15. The Morgan fingerprint density at radius 2 is 1.64 bits per heavy atom. The molecule has 0 spiro atoms. The van der Waals surface area contributed by atoms with Crippen molar-refractivity contribution in [3.8, 4) is 0 Å². The van der Waals surface area contributed by atoms with E-state index in [1.165, 1.54) is 14.0 Å². The number of nitrogens with zero attached hydrogens (tertiary/aromatic N) is 1. The van der Waals surface area contributed by atoms with Crippen LogP contribution in [0.1, 0.15) is 6.92 Å². The number of aromatic amines is 1. The summed E-state index contributed by atoms with van der Waals surface area (Å²) in [4.78, 5) is 18.7. The second kappa shape index (κ2) is 15.5. The summed E-state index contributed by atoms with van der Waals surface area (Å²) in [7, 11) is 1.42. The molecule has 20 heteroatoms.